The predicted octanol–water partition coefficient (Wildman–Crippen LogP) is 2.32. The topological polar surface area (TPSA) is 64.2 Å². The van der Waals surface area contributed by atoms with Gasteiger partial charge in [-0.1, -0.05) is 6.92 Å². The van der Waals surface area contributed by atoms with Crippen molar-refractivity contribution in [2.75, 3.05) is 0 Å². The Hall–Kier alpha value is -1.36. The highest BCUT2D eigenvalue weighted by atomic mass is 32.1. The molecule has 0 aromatic carbocycles. The lowest BCUT2D eigenvalue weighted by molar-refractivity contribution is 0.381. The van der Waals surface area contributed by atoms with Gasteiger partial charge in [-0.05, 0) is 12.2 Å². The van der Waals surface area contributed by atoms with E-state index in [1.54, 1.807) is 12.3 Å². The molecule has 2 rings (SSSR count). The Bertz CT molecular complexity index is 440. The molecule has 4 nitrogen and oxygen atoms in total. The number of rotatable bonds is 0. The Morgan fingerprint density at radius 3 is 3.08 bits per heavy atom. The van der Waals surface area contributed by atoms with Crippen LogP contribution in [0.4, 0.5) is 5.82 Å². The molecule has 3 N–H and O–H groups in total. The van der Waals surface area contributed by atoms with Crippen LogP contribution < -0.4 is 0 Å². The van der Waals surface area contributed by atoms with Crippen LogP contribution in [-0.2, 0) is 0 Å². The number of nitrogens with one attached hydrogen (secondary N) is 2. The quantitative estimate of drug-likeness (QED) is 0.556. The van der Waals surface area contributed by atoms with Crippen LogP contribution in [0.2, 0.25) is 0 Å². The van der Waals surface area contributed by atoms with Gasteiger partial charge >= 0.3 is 0 Å². The third kappa shape index (κ3) is 1.42. The fraction of sp³-hybridized carbons (Fsp3) is 0.250. The number of aliphatic imine (C=N–C) groups is 1. The highest BCUT2D eigenvalue weighted by molar-refractivity contribution is 7.71. The van der Waals surface area contributed by atoms with Crippen molar-refractivity contribution in [3.63, 3.8) is 0 Å². The van der Waals surface area contributed by atoms with Crippen LogP contribution in [0.25, 0.3) is 6.08 Å². The van der Waals surface area contributed by atoms with Crippen molar-refractivity contribution in [3.8, 4) is 0 Å². The normalized spacial score (nSPS) is 20.7. The molecule has 0 saturated heterocycles. The van der Waals surface area contributed by atoms with Crippen molar-refractivity contribution < 1.29 is 5.11 Å². The summed E-state index contributed by atoms with van der Waals surface area (Å²) in [7, 11) is 0. The maximum absolute atomic E-state index is 9.52. The zero-order valence-electron chi connectivity index (χ0n) is 7.03. The third-order valence-corrected chi connectivity index (χ3v) is 2.13. The van der Waals surface area contributed by atoms with Gasteiger partial charge in [-0.25, -0.2) is 4.99 Å². The molecule has 1 aromatic rings. The molecule has 68 valence electrons. The van der Waals surface area contributed by atoms with E-state index in [0.717, 1.165) is 5.69 Å². The van der Waals surface area contributed by atoms with Gasteiger partial charge in [0.25, 0.3) is 0 Å². The maximum Gasteiger partial charge on any atom is 0.176 e. The fourth-order valence-corrected chi connectivity index (χ4v) is 1.34. The van der Waals surface area contributed by atoms with Crippen LogP contribution >= 0.6 is 12.2 Å². The van der Waals surface area contributed by atoms with Gasteiger partial charge in [-0.3, -0.25) is 0 Å². The second kappa shape index (κ2) is 2.85. The van der Waals surface area contributed by atoms with Crippen molar-refractivity contribution in [1.29, 1.82) is 0 Å². The molecular formula is C8H9N3OS. The maximum atomic E-state index is 9.52. The first-order chi connectivity index (χ1) is 6.16. The summed E-state index contributed by atoms with van der Waals surface area (Å²) in [6.45, 7) is 1.87. The summed E-state index contributed by atoms with van der Waals surface area (Å²) in [5, 5.41) is 9.52. The van der Waals surface area contributed by atoms with Crippen molar-refractivity contribution >= 4 is 30.3 Å². The van der Waals surface area contributed by atoms with Crippen LogP contribution in [0.1, 0.15) is 12.6 Å². The number of aliphatic hydroxyl groups is 1. The SMILES string of the molecule is CC1C=Nc2[nH]c(=S)[nH]c2C=C1O. The summed E-state index contributed by atoms with van der Waals surface area (Å²) in [5.41, 5.74) is 0.725. The standard InChI is InChI=1S/C8H9N3OS/c1-4-3-9-7-5(2-6(4)12)10-8(13)11-7/h2-4,12H,1H3,(H2,10,11,13). The minimum atomic E-state index is -0.0530. The molecular weight excluding hydrogens is 186 g/mol. The Morgan fingerprint density at radius 2 is 2.31 bits per heavy atom. The minimum absolute atomic E-state index is 0.0530. The highest BCUT2D eigenvalue weighted by Crippen LogP contribution is 2.22. The Kier molecular flexibility index (Phi) is 1.81. The summed E-state index contributed by atoms with van der Waals surface area (Å²) < 4.78 is 0.515. The molecule has 13 heavy (non-hydrogen) atoms. The van der Waals surface area contributed by atoms with E-state index in [4.69, 9.17) is 12.2 Å². The molecule has 5 heteroatoms. The van der Waals surface area contributed by atoms with Gasteiger partial charge in [0, 0.05) is 18.2 Å². The van der Waals surface area contributed by atoms with E-state index in [9.17, 15) is 5.11 Å². The first-order valence-corrected chi connectivity index (χ1v) is 4.34. The van der Waals surface area contributed by atoms with Gasteiger partial charge in [0.1, 0.15) is 5.76 Å². The molecule has 0 amide bonds. The molecule has 1 aliphatic rings. The average Bonchev–Trinajstić information content (AvgIpc) is 2.36. The van der Waals surface area contributed by atoms with Gasteiger partial charge in [-0.15, -0.1) is 0 Å². The molecule has 2 heterocycles. The molecule has 1 unspecified atom stereocenters. The van der Waals surface area contributed by atoms with Gasteiger partial charge in [-0.2, -0.15) is 0 Å². The fourth-order valence-electron chi connectivity index (χ4n) is 1.14. The van der Waals surface area contributed by atoms with Gasteiger partial charge in [0.15, 0.2) is 10.6 Å². The monoisotopic (exact) mass is 195 g/mol. The molecule has 1 aliphatic heterocycles. The summed E-state index contributed by atoms with van der Waals surface area (Å²) in [6.07, 6.45) is 3.32. The van der Waals surface area contributed by atoms with Crippen LogP contribution in [-0.4, -0.2) is 21.3 Å². The molecule has 1 aromatic heterocycles. The number of hydrogen-bond donors (Lipinski definition) is 3. The Morgan fingerprint density at radius 1 is 1.54 bits per heavy atom. The lowest BCUT2D eigenvalue weighted by Crippen LogP contribution is -1.97. The van der Waals surface area contributed by atoms with E-state index in [0.29, 0.717) is 10.6 Å². The minimum Gasteiger partial charge on any atom is -0.512 e. The summed E-state index contributed by atoms with van der Waals surface area (Å²) in [5.74, 6) is 0.899. The van der Waals surface area contributed by atoms with Gasteiger partial charge in [0.05, 0.1) is 5.69 Å². The van der Waals surface area contributed by atoms with E-state index in [-0.39, 0.29) is 11.7 Å². The number of hydrogen-bond acceptors (Lipinski definition) is 3. The number of aliphatic hydroxyl groups excluding tert-OH is 1. The zero-order valence-corrected chi connectivity index (χ0v) is 7.85. The number of allylic oxidation sites excluding steroid dienone is 1. The molecule has 0 saturated carbocycles. The molecule has 0 aliphatic carbocycles. The van der Waals surface area contributed by atoms with Crippen LogP contribution in [0.3, 0.4) is 0 Å². The highest BCUT2D eigenvalue weighted by Gasteiger charge is 2.11. The van der Waals surface area contributed by atoms with Gasteiger partial charge in [0.2, 0.25) is 0 Å². The summed E-state index contributed by atoms with van der Waals surface area (Å²) >= 11 is 4.90. The van der Waals surface area contributed by atoms with Crippen LogP contribution in [0.15, 0.2) is 10.8 Å². The first-order valence-electron chi connectivity index (χ1n) is 3.94. The zero-order chi connectivity index (χ0) is 9.42. The number of H-pyrrole nitrogens is 2. The van der Waals surface area contributed by atoms with Crippen molar-refractivity contribution in [3.05, 3.63) is 16.2 Å². The first kappa shape index (κ1) is 8.25. The lowest BCUT2D eigenvalue weighted by Gasteiger charge is -1.99. The van der Waals surface area contributed by atoms with Gasteiger partial charge < -0.3 is 15.1 Å². The van der Waals surface area contributed by atoms with Crippen molar-refractivity contribution in [2.45, 2.75) is 6.92 Å². The smallest absolute Gasteiger partial charge is 0.176 e. The van der Waals surface area contributed by atoms with E-state index in [2.05, 4.69) is 15.0 Å². The predicted molar refractivity (Wildman–Crippen MR) is 53.9 cm³/mol. The van der Waals surface area contributed by atoms with Crippen molar-refractivity contribution in [1.82, 2.24) is 9.97 Å². The largest absolute Gasteiger partial charge is 0.512 e. The van der Waals surface area contributed by atoms with E-state index < -0.39 is 0 Å². The number of nitrogens with zero attached hydrogens (tertiary/aromatic N) is 1. The Balaban J connectivity index is 2.60. The van der Waals surface area contributed by atoms with E-state index in [1.807, 2.05) is 6.92 Å². The second-order valence-electron chi connectivity index (χ2n) is 2.98. The second-order valence-corrected chi connectivity index (χ2v) is 3.39. The lowest BCUT2D eigenvalue weighted by atomic mass is 10.1. The van der Waals surface area contributed by atoms with Crippen LogP contribution in [0, 0.1) is 10.7 Å². The Labute approximate surface area is 80.0 Å². The molecule has 1 atom stereocenters. The van der Waals surface area contributed by atoms with E-state index >= 15 is 0 Å². The molecule has 0 fully saturated rings. The van der Waals surface area contributed by atoms with Crippen LogP contribution in [0.5, 0.6) is 0 Å². The van der Waals surface area contributed by atoms with E-state index in [1.165, 1.54) is 0 Å². The molecule has 0 bridgehead atoms. The average molecular weight is 195 g/mol. The summed E-state index contributed by atoms with van der Waals surface area (Å²) in [6, 6.07) is 0. The van der Waals surface area contributed by atoms with Crippen molar-refractivity contribution in [2.24, 2.45) is 10.9 Å². The number of aromatic nitrogens is 2. The number of fused-ring (bicyclic) bond motifs is 1. The number of aromatic amines is 2. The molecule has 0 spiro atoms. The number of imidazole rings is 1. The summed E-state index contributed by atoms with van der Waals surface area (Å²) in [4.78, 5) is 9.93. The molecule has 0 radical (unpaired) electrons. The third-order valence-electron chi connectivity index (χ3n) is 1.92.